The van der Waals surface area contributed by atoms with Crippen LogP contribution in [0.25, 0.3) is 0 Å². The molecular weight excluding hydrogens is 360 g/mol. The van der Waals surface area contributed by atoms with E-state index in [1.165, 1.54) is 5.56 Å². The van der Waals surface area contributed by atoms with Gasteiger partial charge in [0.05, 0.1) is 7.05 Å². The molecule has 0 fully saturated rings. The van der Waals surface area contributed by atoms with Crippen LogP contribution in [0.5, 0.6) is 0 Å². The van der Waals surface area contributed by atoms with E-state index in [-0.39, 0.29) is 5.91 Å². The zero-order valence-corrected chi connectivity index (χ0v) is 15.1. The molecule has 0 saturated heterocycles. The van der Waals surface area contributed by atoms with Gasteiger partial charge in [-0.05, 0) is 36.6 Å². The molecule has 0 bridgehead atoms. The Bertz CT molecular complexity index is 631. The van der Waals surface area contributed by atoms with Crippen molar-refractivity contribution in [1.82, 2.24) is 0 Å². The Morgan fingerprint density at radius 1 is 1.23 bits per heavy atom. The monoisotopic (exact) mass is 379 g/mol. The molecule has 3 nitrogen and oxygen atoms in total. The molecule has 1 unspecified atom stereocenters. The average Bonchev–Trinajstić information content (AvgIpc) is 2.49. The summed E-state index contributed by atoms with van der Waals surface area (Å²) in [5.74, 6) is 0.0351. The van der Waals surface area contributed by atoms with Crippen molar-refractivity contribution >= 4 is 39.3 Å². The summed E-state index contributed by atoms with van der Waals surface area (Å²) in [6, 6.07) is 16.1. The molecule has 0 spiro atoms. The molecule has 0 aromatic heterocycles. The van der Waals surface area contributed by atoms with Crippen LogP contribution in [0.2, 0.25) is 0 Å². The van der Waals surface area contributed by atoms with E-state index < -0.39 is 0 Å². The number of thioether (sulfide) groups is 1. The summed E-state index contributed by atoms with van der Waals surface area (Å²) < 4.78 is 1.07. The van der Waals surface area contributed by atoms with Gasteiger partial charge in [0.1, 0.15) is 6.54 Å². The van der Waals surface area contributed by atoms with E-state index in [4.69, 9.17) is 0 Å². The highest BCUT2D eigenvalue weighted by atomic mass is 79.9. The van der Waals surface area contributed by atoms with Crippen LogP contribution in [0.3, 0.4) is 0 Å². The first kappa shape index (κ1) is 17.1. The molecule has 22 heavy (non-hydrogen) atoms. The summed E-state index contributed by atoms with van der Waals surface area (Å²) in [4.78, 5) is 14.4. The highest BCUT2D eigenvalue weighted by Crippen LogP contribution is 2.18. The molecule has 0 saturated carbocycles. The van der Waals surface area contributed by atoms with Crippen molar-refractivity contribution in [1.29, 1.82) is 0 Å². The Morgan fingerprint density at radius 3 is 2.64 bits per heavy atom. The van der Waals surface area contributed by atoms with Gasteiger partial charge < -0.3 is 10.2 Å². The third kappa shape index (κ3) is 5.48. The van der Waals surface area contributed by atoms with E-state index >= 15 is 0 Å². The molecule has 1 amide bonds. The number of likely N-dealkylation sites (N-methyl/N-ethyl adjacent to an activating group) is 1. The number of hydrogen-bond donors (Lipinski definition) is 2. The molecule has 0 radical (unpaired) electrons. The lowest BCUT2D eigenvalue weighted by molar-refractivity contribution is -0.885. The number of hydrogen-bond acceptors (Lipinski definition) is 2. The van der Waals surface area contributed by atoms with Gasteiger partial charge in [0.15, 0.2) is 6.54 Å². The van der Waals surface area contributed by atoms with E-state index in [0.29, 0.717) is 6.54 Å². The molecule has 2 aromatic rings. The number of carbonyl (C=O) groups is 1. The first-order valence-corrected chi connectivity index (χ1v) is 9.08. The number of anilines is 1. The molecule has 2 rings (SSSR count). The van der Waals surface area contributed by atoms with Crippen LogP contribution in [0.15, 0.2) is 57.9 Å². The van der Waals surface area contributed by atoms with Gasteiger partial charge in [-0.3, -0.25) is 4.79 Å². The van der Waals surface area contributed by atoms with Crippen LogP contribution in [0.1, 0.15) is 5.56 Å². The van der Waals surface area contributed by atoms with Crippen molar-refractivity contribution < 1.29 is 9.69 Å². The lowest BCUT2D eigenvalue weighted by Crippen LogP contribution is -3.08. The highest BCUT2D eigenvalue weighted by Gasteiger charge is 2.11. The number of benzene rings is 2. The van der Waals surface area contributed by atoms with Crippen LogP contribution in [-0.2, 0) is 11.3 Å². The second-order valence-electron chi connectivity index (χ2n) is 5.22. The van der Waals surface area contributed by atoms with Crippen LogP contribution in [-0.4, -0.2) is 25.8 Å². The zero-order valence-electron chi connectivity index (χ0n) is 12.7. The fourth-order valence-corrected chi connectivity index (χ4v) is 2.92. The molecule has 2 aromatic carbocycles. The van der Waals surface area contributed by atoms with E-state index in [9.17, 15) is 4.79 Å². The number of rotatable bonds is 6. The standard InChI is InChI=1S/C17H19BrN2OS/c1-20(11-13-6-8-14(18)9-7-13)12-17(21)19-15-4-3-5-16(10-15)22-2/h3-10H,11-12H2,1-2H3,(H,19,21)/p+1. The minimum atomic E-state index is 0.0351. The van der Waals surface area contributed by atoms with Crippen LogP contribution >= 0.6 is 27.7 Å². The quantitative estimate of drug-likeness (QED) is 0.756. The van der Waals surface area contributed by atoms with Gasteiger partial charge in [-0.25, -0.2) is 0 Å². The minimum Gasteiger partial charge on any atom is -0.326 e. The highest BCUT2D eigenvalue weighted by molar-refractivity contribution is 9.10. The van der Waals surface area contributed by atoms with Crippen molar-refractivity contribution in [3.05, 3.63) is 58.6 Å². The third-order valence-electron chi connectivity index (χ3n) is 3.23. The first-order valence-electron chi connectivity index (χ1n) is 7.06. The van der Waals surface area contributed by atoms with Gasteiger partial charge >= 0.3 is 0 Å². The summed E-state index contributed by atoms with van der Waals surface area (Å²) in [6.45, 7) is 1.27. The van der Waals surface area contributed by atoms with Gasteiger partial charge in [-0.1, -0.05) is 34.1 Å². The lowest BCUT2D eigenvalue weighted by Gasteiger charge is -2.14. The Labute approximate surface area is 144 Å². The van der Waals surface area contributed by atoms with E-state index in [1.54, 1.807) is 11.8 Å². The molecule has 5 heteroatoms. The Balaban J connectivity index is 1.86. The van der Waals surface area contributed by atoms with Crippen LogP contribution in [0, 0.1) is 0 Å². The predicted molar refractivity (Wildman–Crippen MR) is 96.5 cm³/mol. The van der Waals surface area contributed by atoms with Gasteiger partial charge in [0.25, 0.3) is 5.91 Å². The minimum absolute atomic E-state index is 0.0351. The van der Waals surface area contributed by atoms with E-state index in [2.05, 4.69) is 33.4 Å². The summed E-state index contributed by atoms with van der Waals surface area (Å²) in [7, 11) is 2.03. The summed E-state index contributed by atoms with van der Waals surface area (Å²) in [5, 5.41) is 2.96. The SMILES string of the molecule is CSc1cccc(NC(=O)C[NH+](C)Cc2ccc(Br)cc2)c1. The molecule has 0 aliphatic heterocycles. The fraction of sp³-hybridized carbons (Fsp3) is 0.235. The summed E-state index contributed by atoms with van der Waals surface area (Å²) in [6.07, 6.45) is 2.02. The van der Waals surface area contributed by atoms with Crippen molar-refractivity contribution in [2.45, 2.75) is 11.4 Å². The van der Waals surface area contributed by atoms with Crippen LogP contribution < -0.4 is 10.2 Å². The van der Waals surface area contributed by atoms with Gasteiger partial charge in [-0.2, -0.15) is 0 Å². The largest absolute Gasteiger partial charge is 0.326 e. The molecule has 1 atom stereocenters. The maximum atomic E-state index is 12.1. The molecule has 0 heterocycles. The summed E-state index contributed by atoms with van der Waals surface area (Å²) >= 11 is 5.09. The summed E-state index contributed by atoms with van der Waals surface area (Å²) in [5.41, 5.74) is 2.08. The number of halogens is 1. The van der Waals surface area contributed by atoms with E-state index in [1.807, 2.05) is 49.7 Å². The second-order valence-corrected chi connectivity index (χ2v) is 7.01. The number of nitrogens with one attached hydrogen (secondary N) is 2. The Morgan fingerprint density at radius 2 is 1.95 bits per heavy atom. The Hall–Kier alpha value is -1.30. The van der Waals surface area contributed by atoms with Crippen molar-refractivity contribution in [3.63, 3.8) is 0 Å². The normalized spacial score (nSPS) is 12.0. The number of carbonyl (C=O) groups excluding carboxylic acids is 1. The average molecular weight is 380 g/mol. The van der Waals surface area contributed by atoms with Gasteiger partial charge in [0, 0.05) is 20.6 Å². The molecular formula is C17H20BrN2OS+. The van der Waals surface area contributed by atoms with Crippen molar-refractivity contribution in [3.8, 4) is 0 Å². The third-order valence-corrected chi connectivity index (χ3v) is 4.49. The number of amides is 1. The number of quaternary nitrogens is 1. The fourth-order valence-electron chi connectivity index (χ4n) is 2.19. The second kappa shape index (κ2) is 8.36. The maximum Gasteiger partial charge on any atom is 0.279 e. The Kier molecular flexibility index (Phi) is 6.49. The molecule has 2 N–H and O–H groups in total. The van der Waals surface area contributed by atoms with Crippen molar-refractivity contribution in [2.75, 3.05) is 25.2 Å². The lowest BCUT2D eigenvalue weighted by atomic mass is 10.2. The topological polar surface area (TPSA) is 33.5 Å². The molecule has 0 aliphatic carbocycles. The molecule has 0 aliphatic rings. The van der Waals surface area contributed by atoms with Gasteiger partial charge in [0.2, 0.25) is 0 Å². The van der Waals surface area contributed by atoms with Gasteiger partial charge in [-0.15, -0.1) is 11.8 Å². The van der Waals surface area contributed by atoms with Crippen molar-refractivity contribution in [2.24, 2.45) is 0 Å². The van der Waals surface area contributed by atoms with Crippen LogP contribution in [0.4, 0.5) is 5.69 Å². The van der Waals surface area contributed by atoms with E-state index in [0.717, 1.165) is 26.5 Å². The predicted octanol–water partition coefficient (Wildman–Crippen LogP) is 2.82. The molecule has 116 valence electrons. The smallest absolute Gasteiger partial charge is 0.279 e. The maximum absolute atomic E-state index is 12.1. The zero-order chi connectivity index (χ0) is 15.9. The first-order chi connectivity index (χ1) is 10.6.